The smallest absolute Gasteiger partial charge is 0.0576 e. The van der Waals surface area contributed by atoms with Gasteiger partial charge in [0.2, 0.25) is 0 Å². The quantitative estimate of drug-likeness (QED) is 0.755. The zero-order chi connectivity index (χ0) is 13.7. The van der Waals surface area contributed by atoms with E-state index in [1.54, 1.807) is 0 Å². The summed E-state index contributed by atoms with van der Waals surface area (Å²) in [6.07, 6.45) is 13.3. The van der Waals surface area contributed by atoms with Crippen molar-refractivity contribution in [3.8, 4) is 0 Å². The van der Waals surface area contributed by atoms with Gasteiger partial charge >= 0.3 is 0 Å². The predicted molar refractivity (Wildman–Crippen MR) is 81.2 cm³/mol. The molecule has 0 radical (unpaired) electrons. The maximum Gasteiger partial charge on any atom is 0.0576 e. The molecule has 2 heteroatoms. The molecule has 19 heavy (non-hydrogen) atoms. The first kappa shape index (κ1) is 15.3. The van der Waals surface area contributed by atoms with Gasteiger partial charge in [0, 0.05) is 12.1 Å². The van der Waals surface area contributed by atoms with E-state index < -0.39 is 0 Å². The maximum atomic E-state index is 6.67. The molecule has 1 heterocycles. The largest absolute Gasteiger partial charge is 0.378 e. The van der Waals surface area contributed by atoms with Crippen molar-refractivity contribution in [2.75, 3.05) is 6.61 Å². The number of rotatable bonds is 5. The summed E-state index contributed by atoms with van der Waals surface area (Å²) in [5, 5.41) is 0. The Balaban J connectivity index is 1.71. The average molecular weight is 267 g/mol. The van der Waals surface area contributed by atoms with Gasteiger partial charge in [-0.2, -0.15) is 0 Å². The third-order valence-electron chi connectivity index (χ3n) is 5.43. The van der Waals surface area contributed by atoms with Crippen molar-refractivity contribution in [2.45, 2.75) is 89.7 Å². The lowest BCUT2D eigenvalue weighted by molar-refractivity contribution is 0.0996. The molecular formula is C17H33NO. The highest BCUT2D eigenvalue weighted by molar-refractivity contribution is 4.88. The normalized spacial score (nSPS) is 36.6. The standard InChI is InChI=1S/C17H33NO/c1-14(2)15-6-3-10-17(18,12-9-15)11-4-7-16-8-5-13-19-16/h14-16H,3-13,18H2,1-2H3. The molecule has 0 bridgehead atoms. The van der Waals surface area contributed by atoms with Gasteiger partial charge in [0.1, 0.15) is 0 Å². The van der Waals surface area contributed by atoms with E-state index in [9.17, 15) is 0 Å². The van der Waals surface area contributed by atoms with Crippen molar-refractivity contribution in [3.63, 3.8) is 0 Å². The summed E-state index contributed by atoms with van der Waals surface area (Å²) in [5.74, 6) is 1.73. The highest BCUT2D eigenvalue weighted by Gasteiger charge is 2.30. The SMILES string of the molecule is CC(C)C1CCCC(N)(CCCC2CCCO2)CC1. The molecule has 0 aromatic heterocycles. The van der Waals surface area contributed by atoms with Crippen LogP contribution >= 0.6 is 0 Å². The molecule has 1 aliphatic heterocycles. The zero-order valence-corrected chi connectivity index (χ0v) is 13.0. The van der Waals surface area contributed by atoms with Crippen molar-refractivity contribution >= 4 is 0 Å². The molecule has 1 aliphatic carbocycles. The molecule has 0 spiro atoms. The molecule has 1 saturated carbocycles. The lowest BCUT2D eigenvalue weighted by Crippen LogP contribution is -2.39. The highest BCUT2D eigenvalue weighted by atomic mass is 16.5. The van der Waals surface area contributed by atoms with E-state index in [-0.39, 0.29) is 5.54 Å². The lowest BCUT2D eigenvalue weighted by atomic mass is 9.84. The molecule has 0 aromatic carbocycles. The summed E-state index contributed by atoms with van der Waals surface area (Å²) in [6, 6.07) is 0. The van der Waals surface area contributed by atoms with Crippen LogP contribution in [0.2, 0.25) is 0 Å². The first-order valence-corrected chi connectivity index (χ1v) is 8.49. The molecule has 3 atom stereocenters. The second-order valence-corrected chi connectivity index (χ2v) is 7.32. The van der Waals surface area contributed by atoms with Gasteiger partial charge in [-0.05, 0) is 63.2 Å². The van der Waals surface area contributed by atoms with Gasteiger partial charge in [0.15, 0.2) is 0 Å². The zero-order valence-electron chi connectivity index (χ0n) is 13.0. The monoisotopic (exact) mass is 267 g/mol. The van der Waals surface area contributed by atoms with Crippen LogP contribution in [0.25, 0.3) is 0 Å². The summed E-state index contributed by atoms with van der Waals surface area (Å²) in [5.41, 5.74) is 6.79. The molecule has 1 saturated heterocycles. The third-order valence-corrected chi connectivity index (χ3v) is 5.43. The maximum absolute atomic E-state index is 6.67. The van der Waals surface area contributed by atoms with Crippen LogP contribution in [0.15, 0.2) is 0 Å². The van der Waals surface area contributed by atoms with Crippen LogP contribution in [-0.4, -0.2) is 18.2 Å². The van der Waals surface area contributed by atoms with Crippen LogP contribution in [0.3, 0.4) is 0 Å². The molecule has 0 aromatic rings. The fraction of sp³-hybridized carbons (Fsp3) is 1.00. The van der Waals surface area contributed by atoms with Crippen LogP contribution in [0.4, 0.5) is 0 Å². The van der Waals surface area contributed by atoms with Crippen LogP contribution < -0.4 is 5.73 Å². The fourth-order valence-corrected chi connectivity index (χ4v) is 3.93. The van der Waals surface area contributed by atoms with E-state index in [2.05, 4.69) is 13.8 Å². The molecular weight excluding hydrogens is 234 g/mol. The Morgan fingerprint density at radius 3 is 2.68 bits per heavy atom. The minimum absolute atomic E-state index is 0.127. The van der Waals surface area contributed by atoms with E-state index >= 15 is 0 Å². The average Bonchev–Trinajstić information content (AvgIpc) is 2.78. The Kier molecular flexibility index (Phi) is 5.70. The summed E-state index contributed by atoms with van der Waals surface area (Å²) >= 11 is 0. The molecule has 2 fully saturated rings. The Hall–Kier alpha value is -0.0800. The number of hydrogen-bond acceptors (Lipinski definition) is 2. The van der Waals surface area contributed by atoms with Crippen molar-refractivity contribution in [1.29, 1.82) is 0 Å². The van der Waals surface area contributed by atoms with E-state index in [1.807, 2.05) is 0 Å². The van der Waals surface area contributed by atoms with Crippen molar-refractivity contribution < 1.29 is 4.74 Å². The first-order valence-electron chi connectivity index (χ1n) is 8.49. The minimum atomic E-state index is 0.127. The Bertz CT molecular complexity index is 260. The summed E-state index contributed by atoms with van der Waals surface area (Å²) in [4.78, 5) is 0. The van der Waals surface area contributed by atoms with Crippen molar-refractivity contribution in [1.82, 2.24) is 0 Å². The van der Waals surface area contributed by atoms with Gasteiger partial charge in [-0.15, -0.1) is 0 Å². The second-order valence-electron chi connectivity index (χ2n) is 7.32. The van der Waals surface area contributed by atoms with Gasteiger partial charge < -0.3 is 10.5 Å². The first-order chi connectivity index (χ1) is 9.09. The van der Waals surface area contributed by atoms with Crippen LogP contribution in [0, 0.1) is 11.8 Å². The van der Waals surface area contributed by atoms with Gasteiger partial charge in [0.25, 0.3) is 0 Å². The summed E-state index contributed by atoms with van der Waals surface area (Å²) in [6.45, 7) is 5.71. The van der Waals surface area contributed by atoms with Crippen LogP contribution in [-0.2, 0) is 4.74 Å². The van der Waals surface area contributed by atoms with Crippen molar-refractivity contribution in [2.24, 2.45) is 17.6 Å². The van der Waals surface area contributed by atoms with E-state index in [0.717, 1.165) is 18.4 Å². The van der Waals surface area contributed by atoms with E-state index in [4.69, 9.17) is 10.5 Å². The number of nitrogens with two attached hydrogens (primary N) is 1. The number of hydrogen-bond donors (Lipinski definition) is 1. The summed E-state index contributed by atoms with van der Waals surface area (Å²) in [7, 11) is 0. The van der Waals surface area contributed by atoms with Crippen LogP contribution in [0.5, 0.6) is 0 Å². The molecule has 3 unspecified atom stereocenters. The molecule has 2 rings (SSSR count). The molecule has 2 aliphatic rings. The van der Waals surface area contributed by atoms with Crippen LogP contribution in [0.1, 0.15) is 78.1 Å². The van der Waals surface area contributed by atoms with E-state index in [0.29, 0.717) is 6.10 Å². The summed E-state index contributed by atoms with van der Waals surface area (Å²) < 4.78 is 5.71. The van der Waals surface area contributed by atoms with Gasteiger partial charge in [-0.3, -0.25) is 0 Å². The van der Waals surface area contributed by atoms with Crippen molar-refractivity contribution in [3.05, 3.63) is 0 Å². The predicted octanol–water partition coefficient (Wildman–Crippen LogP) is 4.27. The van der Waals surface area contributed by atoms with E-state index in [1.165, 1.54) is 64.2 Å². The third kappa shape index (κ3) is 4.75. The fourth-order valence-electron chi connectivity index (χ4n) is 3.93. The number of ether oxygens (including phenoxy) is 1. The van der Waals surface area contributed by atoms with Gasteiger partial charge in [0.05, 0.1) is 6.10 Å². The highest BCUT2D eigenvalue weighted by Crippen LogP contribution is 2.35. The topological polar surface area (TPSA) is 35.2 Å². The lowest BCUT2D eigenvalue weighted by Gasteiger charge is -2.29. The van der Waals surface area contributed by atoms with Gasteiger partial charge in [-0.1, -0.05) is 26.7 Å². The van der Waals surface area contributed by atoms with Gasteiger partial charge in [-0.25, -0.2) is 0 Å². The molecule has 2 nitrogen and oxygen atoms in total. The Morgan fingerprint density at radius 1 is 1.16 bits per heavy atom. The Morgan fingerprint density at radius 2 is 2.00 bits per heavy atom. The molecule has 0 amide bonds. The molecule has 112 valence electrons. The minimum Gasteiger partial charge on any atom is -0.378 e. The molecule has 2 N–H and O–H groups in total. The Labute approximate surface area is 119 Å². The second kappa shape index (κ2) is 7.08.